The van der Waals surface area contributed by atoms with Crippen molar-refractivity contribution in [3.8, 4) is 0 Å². The third-order valence-electron chi connectivity index (χ3n) is 6.84. The standard InChI is InChI=1S/C20H46O3Si3/c1-10-24(11-2,12-3)21-19-20(22-25(13-4,14-5)15-6)23-26(16-7,17-8)18-9/h19H,10-18H2,1-9H3. The zero-order chi connectivity index (χ0) is 20.3. The zero-order valence-corrected chi connectivity index (χ0v) is 22.2. The van der Waals surface area contributed by atoms with Gasteiger partial charge in [-0.3, -0.25) is 0 Å². The molecule has 0 aromatic heterocycles. The van der Waals surface area contributed by atoms with Crippen LogP contribution >= 0.6 is 0 Å². The number of rotatable bonds is 15. The van der Waals surface area contributed by atoms with Crippen LogP contribution in [0.15, 0.2) is 12.2 Å². The second-order valence-electron chi connectivity index (χ2n) is 7.49. The van der Waals surface area contributed by atoms with Gasteiger partial charge in [0.15, 0.2) is 0 Å². The second-order valence-corrected chi connectivity index (χ2v) is 21.6. The highest BCUT2D eigenvalue weighted by Crippen LogP contribution is 2.31. The molecular weight excluding hydrogens is 372 g/mol. The fourth-order valence-electron chi connectivity index (χ4n) is 3.60. The highest BCUT2D eigenvalue weighted by Gasteiger charge is 2.38. The van der Waals surface area contributed by atoms with Crippen molar-refractivity contribution in [3.63, 3.8) is 0 Å². The highest BCUT2D eigenvalue weighted by atomic mass is 28.4. The molecule has 0 aliphatic carbocycles. The molecule has 0 atom stereocenters. The molecule has 0 bridgehead atoms. The third kappa shape index (κ3) is 6.75. The Kier molecular flexibility index (Phi) is 12.2. The van der Waals surface area contributed by atoms with Gasteiger partial charge >= 0.3 is 0 Å². The van der Waals surface area contributed by atoms with Gasteiger partial charge in [0.05, 0.1) is 0 Å². The fourth-order valence-corrected chi connectivity index (χ4v) is 10.9. The Bertz CT molecular complexity index is 352. The zero-order valence-electron chi connectivity index (χ0n) is 19.2. The van der Waals surface area contributed by atoms with E-state index in [0.717, 1.165) is 54.4 Å². The molecule has 156 valence electrons. The van der Waals surface area contributed by atoms with Crippen LogP contribution in [0, 0.1) is 0 Å². The lowest BCUT2D eigenvalue weighted by Gasteiger charge is -2.36. The monoisotopic (exact) mass is 418 g/mol. The molecule has 0 heterocycles. The van der Waals surface area contributed by atoms with Crippen LogP contribution in [0.5, 0.6) is 0 Å². The summed E-state index contributed by atoms with van der Waals surface area (Å²) in [6, 6.07) is 10.2. The Morgan fingerprint density at radius 3 is 1.00 bits per heavy atom. The summed E-state index contributed by atoms with van der Waals surface area (Å²) < 4.78 is 19.8. The topological polar surface area (TPSA) is 27.7 Å². The summed E-state index contributed by atoms with van der Waals surface area (Å²) in [6.45, 7) is 20.4. The highest BCUT2D eigenvalue weighted by molar-refractivity contribution is 6.75. The lowest BCUT2D eigenvalue weighted by molar-refractivity contribution is 0.188. The van der Waals surface area contributed by atoms with E-state index in [1.165, 1.54) is 0 Å². The van der Waals surface area contributed by atoms with Crippen LogP contribution < -0.4 is 0 Å². The second kappa shape index (κ2) is 12.3. The van der Waals surface area contributed by atoms with E-state index in [2.05, 4.69) is 62.3 Å². The summed E-state index contributed by atoms with van der Waals surface area (Å²) in [5.74, 6) is 0.714. The van der Waals surface area contributed by atoms with Crippen LogP contribution in [0.1, 0.15) is 62.3 Å². The van der Waals surface area contributed by atoms with Crippen molar-refractivity contribution in [2.24, 2.45) is 0 Å². The van der Waals surface area contributed by atoms with Gasteiger partial charge in [0.25, 0.3) is 22.6 Å². The van der Waals surface area contributed by atoms with Crippen molar-refractivity contribution in [1.29, 1.82) is 0 Å². The van der Waals surface area contributed by atoms with E-state index >= 15 is 0 Å². The van der Waals surface area contributed by atoms with Crippen molar-refractivity contribution < 1.29 is 13.3 Å². The van der Waals surface area contributed by atoms with Crippen LogP contribution in [0.3, 0.4) is 0 Å². The molecule has 0 aromatic rings. The Balaban J connectivity index is 5.76. The van der Waals surface area contributed by atoms with Crippen molar-refractivity contribution in [2.45, 2.75) is 117 Å². The minimum absolute atomic E-state index is 0.714. The third-order valence-corrected chi connectivity index (χ3v) is 20.3. The molecule has 0 N–H and O–H groups in total. The van der Waals surface area contributed by atoms with Crippen molar-refractivity contribution in [1.82, 2.24) is 0 Å². The predicted octanol–water partition coefficient (Wildman–Crippen LogP) is 7.85. The van der Waals surface area contributed by atoms with Gasteiger partial charge < -0.3 is 13.3 Å². The predicted molar refractivity (Wildman–Crippen MR) is 123 cm³/mol. The maximum atomic E-state index is 6.69. The maximum absolute atomic E-state index is 6.69. The van der Waals surface area contributed by atoms with E-state index in [0.29, 0.717) is 5.95 Å². The molecule has 0 fully saturated rings. The maximum Gasteiger partial charge on any atom is 0.286 e. The molecule has 26 heavy (non-hydrogen) atoms. The largest absolute Gasteiger partial charge is 0.544 e. The molecule has 0 saturated carbocycles. The quantitative estimate of drug-likeness (QED) is 0.200. The van der Waals surface area contributed by atoms with E-state index in [4.69, 9.17) is 13.3 Å². The van der Waals surface area contributed by atoms with Gasteiger partial charge in [-0.25, -0.2) is 0 Å². The van der Waals surface area contributed by atoms with E-state index in [1.54, 1.807) is 0 Å². The van der Waals surface area contributed by atoms with E-state index in [-0.39, 0.29) is 0 Å². The minimum atomic E-state index is -1.78. The lowest BCUT2D eigenvalue weighted by atomic mass is 10.9. The molecule has 6 heteroatoms. The summed E-state index contributed by atoms with van der Waals surface area (Å²) in [6.07, 6.45) is 1.90. The van der Waals surface area contributed by atoms with Crippen LogP contribution in [0.2, 0.25) is 54.4 Å². The van der Waals surface area contributed by atoms with Crippen LogP contribution in [0.25, 0.3) is 0 Å². The normalized spacial score (nSPS) is 12.7. The average molecular weight is 419 g/mol. The molecule has 0 amide bonds. The molecular formula is C20H46O3Si3. The van der Waals surface area contributed by atoms with Gasteiger partial charge in [0.1, 0.15) is 6.26 Å². The molecule has 0 radical (unpaired) electrons. The van der Waals surface area contributed by atoms with Gasteiger partial charge in [-0.15, -0.1) is 0 Å². The van der Waals surface area contributed by atoms with Gasteiger partial charge in [0.2, 0.25) is 8.32 Å². The first-order valence-corrected chi connectivity index (χ1v) is 18.7. The fraction of sp³-hybridized carbons (Fsp3) is 0.900. The first-order valence-electron chi connectivity index (χ1n) is 11.1. The number of hydrogen-bond acceptors (Lipinski definition) is 3. The Morgan fingerprint density at radius 1 is 0.500 bits per heavy atom. The summed E-state index contributed by atoms with van der Waals surface area (Å²) in [5.41, 5.74) is 0. The molecule has 0 saturated heterocycles. The van der Waals surface area contributed by atoms with Gasteiger partial charge in [-0.2, -0.15) is 0 Å². The Hall–Kier alpha value is -0.209. The van der Waals surface area contributed by atoms with E-state index in [1.807, 2.05) is 6.26 Å². The summed E-state index contributed by atoms with van der Waals surface area (Å²) in [7, 11) is -5.26. The van der Waals surface area contributed by atoms with Gasteiger partial charge in [0, 0.05) is 0 Å². The number of hydrogen-bond donors (Lipinski definition) is 0. The summed E-state index contributed by atoms with van der Waals surface area (Å²) in [5, 5.41) is 0. The van der Waals surface area contributed by atoms with Crippen molar-refractivity contribution in [3.05, 3.63) is 12.2 Å². The van der Waals surface area contributed by atoms with E-state index in [9.17, 15) is 0 Å². The smallest absolute Gasteiger partial charge is 0.286 e. The van der Waals surface area contributed by atoms with Crippen LogP contribution in [0.4, 0.5) is 0 Å². The first kappa shape index (κ1) is 25.8. The summed E-state index contributed by atoms with van der Waals surface area (Å²) >= 11 is 0. The molecule has 0 unspecified atom stereocenters. The molecule has 3 nitrogen and oxygen atoms in total. The minimum Gasteiger partial charge on any atom is -0.544 e. The summed E-state index contributed by atoms with van der Waals surface area (Å²) in [4.78, 5) is 0. The molecule has 0 rings (SSSR count). The molecule has 0 aliphatic rings. The lowest BCUT2D eigenvalue weighted by Crippen LogP contribution is -2.41. The first-order chi connectivity index (χ1) is 12.3. The molecule has 0 aliphatic heterocycles. The van der Waals surface area contributed by atoms with Crippen molar-refractivity contribution >= 4 is 25.0 Å². The Morgan fingerprint density at radius 2 is 0.769 bits per heavy atom. The van der Waals surface area contributed by atoms with Crippen LogP contribution in [-0.2, 0) is 13.3 Å². The average Bonchev–Trinajstić information content (AvgIpc) is 2.71. The SMILES string of the molecule is CC[Si](CC)(CC)OC=C(O[Si](CC)(CC)CC)O[Si](CC)(CC)CC. The van der Waals surface area contributed by atoms with Crippen LogP contribution in [-0.4, -0.2) is 25.0 Å². The van der Waals surface area contributed by atoms with Gasteiger partial charge in [-0.05, 0) is 54.4 Å². The van der Waals surface area contributed by atoms with Crippen molar-refractivity contribution in [2.75, 3.05) is 0 Å². The van der Waals surface area contributed by atoms with Gasteiger partial charge in [-0.1, -0.05) is 62.3 Å². The Labute approximate surface area is 167 Å². The molecule has 0 aromatic carbocycles. The van der Waals surface area contributed by atoms with E-state index < -0.39 is 25.0 Å². The molecule has 0 spiro atoms.